The van der Waals surface area contributed by atoms with Crippen LogP contribution >= 0.6 is 0 Å². The van der Waals surface area contributed by atoms with Crippen molar-refractivity contribution in [3.05, 3.63) is 95.6 Å². The molecule has 4 nitrogen and oxygen atoms in total. The number of amides is 1. The number of nitrogens with one attached hydrogen (secondary N) is 1. The molecule has 0 saturated heterocycles. The molecular weight excluding hydrogens is 386 g/mol. The van der Waals surface area contributed by atoms with Gasteiger partial charge in [-0.05, 0) is 41.2 Å². The topological polar surface area (TPSA) is 58.6 Å². The Bertz CT molecular complexity index is 1000. The fourth-order valence-corrected chi connectivity index (χ4v) is 4.34. The molecule has 1 amide bonds. The van der Waals surface area contributed by atoms with Gasteiger partial charge < -0.3 is 15.2 Å². The minimum Gasteiger partial charge on any atom is -0.449 e. The van der Waals surface area contributed by atoms with E-state index >= 15 is 0 Å². The lowest BCUT2D eigenvalue weighted by Gasteiger charge is -2.33. The molecule has 3 aromatic carbocycles. The summed E-state index contributed by atoms with van der Waals surface area (Å²) >= 11 is 0. The Balaban J connectivity index is 1.39. The molecule has 31 heavy (non-hydrogen) atoms. The number of benzene rings is 3. The highest BCUT2D eigenvalue weighted by Gasteiger charge is 2.32. The molecule has 1 aliphatic carbocycles. The Morgan fingerprint density at radius 3 is 2.10 bits per heavy atom. The lowest BCUT2D eigenvalue weighted by atomic mass is 9.79. The summed E-state index contributed by atoms with van der Waals surface area (Å²) in [6, 6.07) is 26.6. The maximum Gasteiger partial charge on any atom is 0.407 e. The first-order chi connectivity index (χ1) is 15.0. The lowest BCUT2D eigenvalue weighted by Crippen LogP contribution is -2.44. The van der Waals surface area contributed by atoms with Crippen molar-refractivity contribution in [3.8, 4) is 11.1 Å². The summed E-state index contributed by atoms with van der Waals surface area (Å²) in [5.74, 6) is 0.0330. The summed E-state index contributed by atoms with van der Waals surface area (Å²) < 4.78 is 5.63. The average Bonchev–Trinajstić information content (AvgIpc) is 3.11. The number of rotatable bonds is 7. The lowest BCUT2D eigenvalue weighted by molar-refractivity contribution is 0.0502. The minimum absolute atomic E-state index is 0.0330. The Labute approximate surface area is 183 Å². The van der Waals surface area contributed by atoms with E-state index < -0.39 is 17.6 Å². The van der Waals surface area contributed by atoms with Gasteiger partial charge in [0.1, 0.15) is 6.61 Å². The van der Waals surface area contributed by atoms with Gasteiger partial charge in [-0.2, -0.15) is 0 Å². The third kappa shape index (κ3) is 4.49. The molecule has 0 bridgehead atoms. The van der Waals surface area contributed by atoms with Crippen LogP contribution in [0.15, 0.2) is 78.9 Å². The molecule has 0 saturated carbocycles. The van der Waals surface area contributed by atoms with Crippen LogP contribution in [-0.4, -0.2) is 30.5 Å². The second-order valence-electron chi connectivity index (χ2n) is 8.67. The maximum atomic E-state index is 12.5. The number of hydrogen-bond acceptors (Lipinski definition) is 3. The molecule has 160 valence electrons. The van der Waals surface area contributed by atoms with Gasteiger partial charge in [0.25, 0.3) is 0 Å². The van der Waals surface area contributed by atoms with Crippen LogP contribution in [0.1, 0.15) is 36.5 Å². The van der Waals surface area contributed by atoms with Crippen LogP contribution in [0.5, 0.6) is 0 Å². The molecule has 2 atom stereocenters. The molecule has 0 spiro atoms. The van der Waals surface area contributed by atoms with E-state index in [2.05, 4.69) is 29.6 Å². The molecule has 4 heteroatoms. The largest absolute Gasteiger partial charge is 0.449 e. The van der Waals surface area contributed by atoms with E-state index in [0.717, 1.165) is 5.56 Å². The van der Waals surface area contributed by atoms with Gasteiger partial charge in [0.2, 0.25) is 0 Å². The van der Waals surface area contributed by atoms with Crippen molar-refractivity contribution in [2.24, 2.45) is 5.41 Å². The average molecular weight is 416 g/mol. The number of ether oxygens (including phenoxy) is 1. The van der Waals surface area contributed by atoms with Crippen molar-refractivity contribution in [2.75, 3.05) is 13.2 Å². The summed E-state index contributed by atoms with van der Waals surface area (Å²) in [6.45, 7) is 4.36. The Hall–Kier alpha value is -3.11. The monoisotopic (exact) mass is 415 g/mol. The molecule has 0 aromatic heterocycles. The fourth-order valence-electron chi connectivity index (χ4n) is 4.34. The van der Waals surface area contributed by atoms with Gasteiger partial charge >= 0.3 is 6.09 Å². The van der Waals surface area contributed by atoms with Gasteiger partial charge in [-0.1, -0.05) is 85.8 Å². The molecule has 2 N–H and O–H groups in total. The number of aliphatic hydroxyl groups excluding tert-OH is 1. The van der Waals surface area contributed by atoms with E-state index in [-0.39, 0.29) is 12.5 Å². The normalized spacial score (nSPS) is 15.5. The van der Waals surface area contributed by atoms with Gasteiger partial charge in [0.15, 0.2) is 0 Å². The quantitative estimate of drug-likeness (QED) is 0.561. The smallest absolute Gasteiger partial charge is 0.407 e. The van der Waals surface area contributed by atoms with Crippen molar-refractivity contribution in [1.82, 2.24) is 5.32 Å². The van der Waals surface area contributed by atoms with Crippen molar-refractivity contribution in [1.29, 1.82) is 0 Å². The van der Waals surface area contributed by atoms with Gasteiger partial charge in [-0.25, -0.2) is 4.79 Å². The molecule has 0 heterocycles. The third-order valence-corrected chi connectivity index (χ3v) is 6.44. The van der Waals surface area contributed by atoms with Crippen molar-refractivity contribution < 1.29 is 14.6 Å². The first kappa shape index (κ1) is 21.1. The molecule has 3 aromatic rings. The highest BCUT2D eigenvalue weighted by molar-refractivity contribution is 5.79. The highest BCUT2D eigenvalue weighted by Crippen LogP contribution is 2.44. The molecule has 1 aliphatic rings. The van der Waals surface area contributed by atoms with Crippen LogP contribution in [0.2, 0.25) is 0 Å². The maximum absolute atomic E-state index is 12.5. The number of aliphatic hydroxyl groups is 1. The van der Waals surface area contributed by atoms with E-state index in [0.29, 0.717) is 13.0 Å². The second-order valence-corrected chi connectivity index (χ2v) is 8.67. The van der Waals surface area contributed by atoms with Crippen LogP contribution in [0.3, 0.4) is 0 Å². The van der Waals surface area contributed by atoms with Gasteiger partial charge in [0.05, 0.1) is 6.10 Å². The second kappa shape index (κ2) is 8.94. The predicted octanol–water partition coefficient (Wildman–Crippen LogP) is 5.15. The zero-order chi connectivity index (χ0) is 21.8. The standard InChI is InChI=1S/C27H29NO3/c1-19(29)27(2,16-20-10-4-3-5-11-20)18-28-26(30)31-17-25-23-14-8-6-12-21(23)22-13-7-9-15-24(22)25/h3-15,19,25,29H,16-18H2,1-2H3,(H,28,30). The molecule has 2 unspecified atom stereocenters. The zero-order valence-electron chi connectivity index (χ0n) is 18.0. The molecule has 0 radical (unpaired) electrons. The molecular formula is C27H29NO3. The van der Waals surface area contributed by atoms with E-state index in [1.165, 1.54) is 22.3 Å². The van der Waals surface area contributed by atoms with E-state index in [1.807, 2.05) is 61.5 Å². The summed E-state index contributed by atoms with van der Waals surface area (Å²) in [6.07, 6.45) is -0.377. The van der Waals surface area contributed by atoms with E-state index in [1.54, 1.807) is 6.92 Å². The number of hydrogen-bond donors (Lipinski definition) is 2. The summed E-state index contributed by atoms with van der Waals surface area (Å²) in [7, 11) is 0. The molecule has 4 rings (SSSR count). The number of alkyl carbamates (subject to hydrolysis) is 1. The van der Waals surface area contributed by atoms with Crippen molar-refractivity contribution in [2.45, 2.75) is 32.3 Å². The van der Waals surface area contributed by atoms with Gasteiger partial charge in [-0.15, -0.1) is 0 Å². The van der Waals surface area contributed by atoms with E-state index in [4.69, 9.17) is 4.74 Å². The minimum atomic E-state index is -0.582. The van der Waals surface area contributed by atoms with Crippen LogP contribution in [-0.2, 0) is 11.2 Å². The summed E-state index contributed by atoms with van der Waals surface area (Å²) in [5, 5.41) is 13.3. The van der Waals surface area contributed by atoms with E-state index in [9.17, 15) is 9.90 Å². The Kier molecular flexibility index (Phi) is 6.10. The fraction of sp³-hybridized carbons (Fsp3) is 0.296. The van der Waals surface area contributed by atoms with Crippen LogP contribution in [0.4, 0.5) is 4.79 Å². The number of carbonyl (C=O) groups excluding carboxylic acids is 1. The molecule has 0 aliphatic heterocycles. The SMILES string of the molecule is CC(O)C(C)(CNC(=O)OCC1c2ccccc2-c2ccccc21)Cc1ccccc1. The predicted molar refractivity (Wildman–Crippen MR) is 123 cm³/mol. The molecule has 0 fully saturated rings. The van der Waals surface area contributed by atoms with Gasteiger partial charge in [0, 0.05) is 17.9 Å². The number of carbonyl (C=O) groups is 1. The van der Waals surface area contributed by atoms with Crippen molar-refractivity contribution >= 4 is 6.09 Å². The zero-order valence-corrected chi connectivity index (χ0v) is 18.0. The van der Waals surface area contributed by atoms with Crippen molar-refractivity contribution in [3.63, 3.8) is 0 Å². The highest BCUT2D eigenvalue weighted by atomic mass is 16.5. The Morgan fingerprint density at radius 2 is 1.52 bits per heavy atom. The number of fused-ring (bicyclic) bond motifs is 3. The van der Waals surface area contributed by atoms with Gasteiger partial charge in [-0.3, -0.25) is 0 Å². The Morgan fingerprint density at radius 1 is 0.968 bits per heavy atom. The van der Waals surface area contributed by atoms with Crippen LogP contribution in [0, 0.1) is 5.41 Å². The van der Waals surface area contributed by atoms with Crippen LogP contribution < -0.4 is 5.32 Å². The summed E-state index contributed by atoms with van der Waals surface area (Å²) in [5.41, 5.74) is 5.42. The summed E-state index contributed by atoms with van der Waals surface area (Å²) in [4.78, 5) is 12.5. The van der Waals surface area contributed by atoms with Crippen LogP contribution in [0.25, 0.3) is 11.1 Å². The first-order valence-corrected chi connectivity index (χ1v) is 10.8. The first-order valence-electron chi connectivity index (χ1n) is 10.8. The third-order valence-electron chi connectivity index (χ3n) is 6.44.